The molecule has 0 bridgehead atoms. The van der Waals surface area contributed by atoms with Gasteiger partial charge in [-0.1, -0.05) is 54.4 Å². The van der Waals surface area contributed by atoms with Crippen LogP contribution in [0.1, 0.15) is 63.3 Å². The number of aromatic nitrogens is 2. The highest BCUT2D eigenvalue weighted by atomic mass is 79.9. The highest BCUT2D eigenvalue weighted by Crippen LogP contribution is 2.75. The molecule has 0 amide bonds. The molecule has 7 nitrogen and oxygen atoms in total. The molecule has 6 aliphatic rings. The highest BCUT2D eigenvalue weighted by Gasteiger charge is 2.81. The molecule has 8 rings (SSSR count). The Morgan fingerprint density at radius 2 is 1.90 bits per heavy atom. The smallest absolute Gasteiger partial charge is 0.227 e. The summed E-state index contributed by atoms with van der Waals surface area (Å²) in [6.45, 7) is 8.29. The van der Waals surface area contributed by atoms with Crippen molar-refractivity contribution in [3.05, 3.63) is 57.3 Å². The molecule has 41 heavy (non-hydrogen) atoms. The zero-order chi connectivity index (χ0) is 28.4. The summed E-state index contributed by atoms with van der Waals surface area (Å²) in [6.07, 6.45) is 7.79. The Balaban J connectivity index is 1.16. The maximum Gasteiger partial charge on any atom is 0.227 e. The summed E-state index contributed by atoms with van der Waals surface area (Å²) in [4.78, 5) is -0.794. The van der Waals surface area contributed by atoms with Crippen LogP contribution < -0.4 is 0 Å². The van der Waals surface area contributed by atoms with Crippen molar-refractivity contribution >= 4 is 33.6 Å². The largest absolute Gasteiger partial charge is 0.391 e. The topological polar surface area (TPSA) is 75.0 Å². The first-order chi connectivity index (χ1) is 19.6. The minimum Gasteiger partial charge on any atom is -0.391 e. The molecule has 2 saturated heterocycles. The van der Waals surface area contributed by atoms with Crippen molar-refractivity contribution < 1.29 is 24.1 Å². The second-order valence-electron chi connectivity index (χ2n) is 13.8. The lowest BCUT2D eigenvalue weighted by Crippen LogP contribution is -2.71. The number of rotatable bonds is 2. The first kappa shape index (κ1) is 27.3. The SMILES string of the molecule is C[C@@H]1C[C@H]2[C@@H]3CCC4=Cc5c(cnn5Cc5ccc(Br)cc5)C[C@]4(C)[C@@]3(Cl)[C@@H](O)C[C@]2(C)[C@]12OCOC21COCO1. The number of ether oxygens (including phenoxy) is 4. The molecular weight excluding hydrogens is 608 g/mol. The second kappa shape index (κ2) is 8.90. The molecule has 1 N–H and O–H groups in total. The Hall–Kier alpha value is -1.26. The first-order valence-electron chi connectivity index (χ1n) is 14.9. The third-order valence-electron chi connectivity index (χ3n) is 12.2. The summed E-state index contributed by atoms with van der Waals surface area (Å²) in [5.41, 5.74) is 3.47. The molecule has 9 atom stereocenters. The van der Waals surface area contributed by atoms with Gasteiger partial charge in [-0.2, -0.15) is 5.10 Å². The Labute approximate surface area is 254 Å². The predicted molar refractivity (Wildman–Crippen MR) is 157 cm³/mol. The minimum atomic E-state index is -0.936. The van der Waals surface area contributed by atoms with Crippen molar-refractivity contribution in [1.29, 1.82) is 0 Å². The van der Waals surface area contributed by atoms with Gasteiger partial charge in [0.2, 0.25) is 5.79 Å². The molecule has 2 aromatic rings. The number of fused-ring (bicyclic) bond motifs is 8. The molecule has 4 aliphatic carbocycles. The van der Waals surface area contributed by atoms with Gasteiger partial charge in [-0.05, 0) is 79.2 Å². The van der Waals surface area contributed by atoms with E-state index in [2.05, 4.69) is 71.7 Å². The monoisotopic (exact) mass is 644 g/mol. The lowest BCUT2D eigenvalue weighted by molar-refractivity contribution is -0.264. The predicted octanol–water partition coefficient (Wildman–Crippen LogP) is 5.90. The van der Waals surface area contributed by atoms with Gasteiger partial charge in [-0.25, -0.2) is 0 Å². The van der Waals surface area contributed by atoms with Crippen LogP contribution in [0, 0.1) is 28.6 Å². The van der Waals surface area contributed by atoms with Crippen molar-refractivity contribution in [3.8, 4) is 0 Å². The molecule has 220 valence electrons. The molecule has 5 fully saturated rings. The van der Waals surface area contributed by atoms with Crippen LogP contribution in [0.15, 0.2) is 40.5 Å². The zero-order valence-corrected chi connectivity index (χ0v) is 26.2. The molecular formula is C32H38BrClN2O5. The number of hydrogen-bond acceptors (Lipinski definition) is 6. The summed E-state index contributed by atoms with van der Waals surface area (Å²) < 4.78 is 27.9. The van der Waals surface area contributed by atoms with Gasteiger partial charge in [-0.3, -0.25) is 4.68 Å². The molecule has 1 aromatic heterocycles. The molecule has 1 unspecified atom stereocenters. The zero-order valence-electron chi connectivity index (χ0n) is 23.9. The Bertz CT molecular complexity index is 1420. The number of benzene rings is 1. The quantitative estimate of drug-likeness (QED) is 0.410. The second-order valence-corrected chi connectivity index (χ2v) is 15.4. The Morgan fingerprint density at radius 1 is 1.12 bits per heavy atom. The van der Waals surface area contributed by atoms with Crippen molar-refractivity contribution in [2.75, 3.05) is 20.2 Å². The van der Waals surface area contributed by atoms with E-state index in [1.807, 2.05) is 6.20 Å². The van der Waals surface area contributed by atoms with Crippen LogP contribution in [0.25, 0.3) is 6.08 Å². The first-order valence-corrected chi connectivity index (χ1v) is 16.1. The van der Waals surface area contributed by atoms with Crippen LogP contribution in [0.3, 0.4) is 0 Å². The lowest BCUT2D eigenvalue weighted by atomic mass is 9.44. The minimum absolute atomic E-state index is 0.129. The van der Waals surface area contributed by atoms with E-state index < -0.39 is 22.4 Å². The molecule has 3 heterocycles. The van der Waals surface area contributed by atoms with Crippen molar-refractivity contribution in [3.63, 3.8) is 0 Å². The van der Waals surface area contributed by atoms with Gasteiger partial charge >= 0.3 is 0 Å². The summed E-state index contributed by atoms with van der Waals surface area (Å²) in [5.74, 6) is -0.368. The molecule has 0 radical (unpaired) electrons. The van der Waals surface area contributed by atoms with Crippen molar-refractivity contribution in [2.24, 2.45) is 28.6 Å². The number of aliphatic hydroxyl groups excluding tert-OH is 1. The van der Waals surface area contributed by atoms with E-state index in [4.69, 9.17) is 35.6 Å². The Kier molecular flexibility index (Phi) is 5.93. The van der Waals surface area contributed by atoms with Gasteiger partial charge in [0.1, 0.15) is 12.2 Å². The molecule has 2 aliphatic heterocycles. The maximum atomic E-state index is 12.3. The number of alkyl halides is 1. The Morgan fingerprint density at radius 3 is 2.66 bits per heavy atom. The summed E-state index contributed by atoms with van der Waals surface area (Å²) in [6, 6.07) is 8.41. The summed E-state index contributed by atoms with van der Waals surface area (Å²) >= 11 is 11.5. The fraction of sp³-hybridized carbons (Fsp3) is 0.656. The highest BCUT2D eigenvalue weighted by molar-refractivity contribution is 9.10. The van der Waals surface area contributed by atoms with Crippen molar-refractivity contribution in [2.45, 2.75) is 81.8 Å². The number of hydrogen-bond donors (Lipinski definition) is 1. The number of halogens is 2. The number of aliphatic hydroxyl groups is 1. The number of nitrogens with zero attached hydrogens (tertiary/aromatic N) is 2. The van der Waals surface area contributed by atoms with Crippen LogP contribution in [-0.2, 0) is 31.9 Å². The third-order valence-corrected chi connectivity index (χ3v) is 13.7. The van der Waals surface area contributed by atoms with E-state index in [0.717, 1.165) is 36.7 Å². The van der Waals surface area contributed by atoms with E-state index in [1.165, 1.54) is 22.4 Å². The van der Waals surface area contributed by atoms with Crippen LogP contribution in [0.4, 0.5) is 0 Å². The normalized spacial score (nSPS) is 46.3. The summed E-state index contributed by atoms with van der Waals surface area (Å²) in [5, 5.41) is 17.1. The molecule has 3 saturated carbocycles. The van der Waals surface area contributed by atoms with Crippen molar-refractivity contribution in [1.82, 2.24) is 9.78 Å². The van der Waals surface area contributed by atoms with Gasteiger partial charge in [0.25, 0.3) is 0 Å². The van der Waals surface area contributed by atoms with Crippen LogP contribution >= 0.6 is 27.5 Å². The van der Waals surface area contributed by atoms with E-state index in [9.17, 15) is 5.11 Å². The van der Waals surface area contributed by atoms with Crippen LogP contribution in [-0.4, -0.2) is 57.4 Å². The van der Waals surface area contributed by atoms with E-state index in [-0.39, 0.29) is 42.2 Å². The molecule has 1 aromatic carbocycles. The van der Waals surface area contributed by atoms with Gasteiger partial charge in [0.15, 0.2) is 13.6 Å². The van der Waals surface area contributed by atoms with Crippen LogP contribution in [0.5, 0.6) is 0 Å². The van der Waals surface area contributed by atoms with Crippen LogP contribution in [0.2, 0.25) is 0 Å². The van der Waals surface area contributed by atoms with Gasteiger partial charge in [0, 0.05) is 15.3 Å². The van der Waals surface area contributed by atoms with E-state index in [1.54, 1.807) is 0 Å². The fourth-order valence-electron chi connectivity index (χ4n) is 10.5. The number of allylic oxidation sites excluding steroid dienone is 1. The standard InChI is InChI=1S/C32H38BrClN2O5/c1-19-10-25-24-9-6-22-11-26-21(14-35-36(26)15-20-4-7-23(33)8-5-20)12-28(22,2)31(24,34)27(37)13-29(25,3)32(19)30(40-18-41-32)16-38-17-39-30/h4-5,7-8,11,14,19,24-25,27,37H,6,9-10,12-13,15-18H2,1-3H3/t19-,24+,25+,27+,28+,29+,30?,31+,32-/m1/s1. The maximum absolute atomic E-state index is 12.3. The average molecular weight is 646 g/mol. The van der Waals surface area contributed by atoms with Gasteiger partial charge < -0.3 is 24.1 Å². The van der Waals surface area contributed by atoms with E-state index in [0.29, 0.717) is 13.0 Å². The fourth-order valence-corrected chi connectivity index (χ4v) is 11.3. The molecule has 9 heteroatoms. The third kappa shape index (κ3) is 3.26. The lowest BCUT2D eigenvalue weighted by Gasteiger charge is -2.65. The molecule has 2 spiro atoms. The van der Waals surface area contributed by atoms with E-state index >= 15 is 0 Å². The van der Waals surface area contributed by atoms with Gasteiger partial charge in [-0.15, -0.1) is 11.6 Å². The average Bonchev–Trinajstić information content (AvgIpc) is 3.71. The summed E-state index contributed by atoms with van der Waals surface area (Å²) in [7, 11) is 0. The van der Waals surface area contributed by atoms with Gasteiger partial charge in [0.05, 0.1) is 29.4 Å².